The third kappa shape index (κ3) is 4.32. The molecule has 0 saturated carbocycles. The standard InChI is InChI=1S/C20H19F4N5O3S/c1-11-8-29(14-5-6-15-16(7-14)32-20(23,24)19(21,22)31-15)18(33-11)25-17(30)27(3)9-13-10-28(4)26-12(13)2/h5-8,10H,9H2,1-4H3/b25-18-. The smallest absolute Gasteiger partial charge is 0.421 e. The molecule has 0 unspecified atom stereocenters. The summed E-state index contributed by atoms with van der Waals surface area (Å²) in [7, 11) is 3.37. The van der Waals surface area contributed by atoms with Crippen molar-refractivity contribution in [3.05, 3.63) is 51.5 Å². The fourth-order valence-corrected chi connectivity index (χ4v) is 4.04. The van der Waals surface area contributed by atoms with E-state index in [0.29, 0.717) is 6.54 Å². The van der Waals surface area contributed by atoms with Crippen LogP contribution in [-0.4, -0.2) is 44.5 Å². The quantitative estimate of drug-likeness (QED) is 0.526. The molecule has 0 atom stereocenters. The SMILES string of the molecule is Cc1cn(-c2ccc3c(c2)OC(F)(F)C(F)(F)O3)/c(=N/C(=O)N(C)Cc2cn(C)nc2C)s1. The maximum Gasteiger partial charge on any atom is 0.507 e. The van der Waals surface area contributed by atoms with Crippen molar-refractivity contribution in [1.82, 2.24) is 19.2 Å². The number of rotatable bonds is 3. The van der Waals surface area contributed by atoms with Crippen LogP contribution in [0.3, 0.4) is 0 Å². The largest absolute Gasteiger partial charge is 0.507 e. The molecule has 1 aliphatic heterocycles. The Morgan fingerprint density at radius 2 is 1.82 bits per heavy atom. The first kappa shape index (κ1) is 22.8. The average Bonchev–Trinajstić information content (AvgIpc) is 3.22. The fourth-order valence-electron chi connectivity index (χ4n) is 3.22. The van der Waals surface area contributed by atoms with Gasteiger partial charge in [-0.1, -0.05) is 0 Å². The number of fused-ring (bicyclic) bond motifs is 1. The molecule has 2 aromatic heterocycles. The number of hydrogen-bond donors (Lipinski definition) is 0. The molecule has 3 heterocycles. The van der Waals surface area contributed by atoms with E-state index in [9.17, 15) is 22.4 Å². The van der Waals surface area contributed by atoms with E-state index in [0.717, 1.165) is 28.3 Å². The van der Waals surface area contributed by atoms with E-state index in [4.69, 9.17) is 0 Å². The third-order valence-corrected chi connectivity index (χ3v) is 5.73. The van der Waals surface area contributed by atoms with E-state index < -0.39 is 29.7 Å². The molecule has 0 N–H and O–H groups in total. The zero-order valence-corrected chi connectivity index (χ0v) is 18.8. The lowest BCUT2D eigenvalue weighted by molar-refractivity contribution is -0.391. The number of aromatic nitrogens is 3. The van der Waals surface area contributed by atoms with E-state index in [1.807, 2.05) is 13.1 Å². The van der Waals surface area contributed by atoms with Crippen molar-refractivity contribution in [1.29, 1.82) is 0 Å². The molecule has 3 aromatic rings. The van der Waals surface area contributed by atoms with Gasteiger partial charge >= 0.3 is 18.2 Å². The molecule has 0 saturated heterocycles. The summed E-state index contributed by atoms with van der Waals surface area (Å²) in [6.45, 7) is 3.91. The Labute approximate surface area is 189 Å². The average molecular weight is 485 g/mol. The minimum atomic E-state index is -4.83. The number of halogens is 4. The number of nitrogens with zero attached hydrogens (tertiary/aromatic N) is 5. The summed E-state index contributed by atoms with van der Waals surface area (Å²) in [4.78, 5) is 19.3. The van der Waals surface area contributed by atoms with Gasteiger partial charge in [-0.15, -0.1) is 11.3 Å². The predicted molar refractivity (Wildman–Crippen MR) is 110 cm³/mol. The number of aryl methyl sites for hydroxylation is 3. The Bertz CT molecular complexity index is 1300. The monoisotopic (exact) mass is 485 g/mol. The molecule has 0 radical (unpaired) electrons. The highest BCUT2D eigenvalue weighted by atomic mass is 32.1. The first-order chi connectivity index (χ1) is 15.4. The Morgan fingerprint density at radius 3 is 2.45 bits per heavy atom. The van der Waals surface area contributed by atoms with Crippen LogP contribution in [0.25, 0.3) is 5.69 Å². The van der Waals surface area contributed by atoms with Crippen LogP contribution in [0.1, 0.15) is 16.1 Å². The van der Waals surface area contributed by atoms with Crippen molar-refractivity contribution in [3.63, 3.8) is 0 Å². The van der Waals surface area contributed by atoms with Crippen LogP contribution >= 0.6 is 11.3 Å². The van der Waals surface area contributed by atoms with Crippen LogP contribution in [-0.2, 0) is 13.6 Å². The van der Waals surface area contributed by atoms with Crippen molar-refractivity contribution < 1.29 is 31.8 Å². The second-order valence-corrected chi connectivity index (χ2v) is 8.74. The van der Waals surface area contributed by atoms with Gasteiger partial charge in [-0.3, -0.25) is 9.25 Å². The van der Waals surface area contributed by atoms with E-state index in [2.05, 4.69) is 19.6 Å². The Hall–Kier alpha value is -3.35. The van der Waals surface area contributed by atoms with E-state index in [1.54, 1.807) is 31.9 Å². The highest BCUT2D eigenvalue weighted by molar-refractivity contribution is 7.09. The molecule has 1 aliphatic rings. The maximum absolute atomic E-state index is 13.6. The number of thiazole rings is 1. The molecule has 0 bridgehead atoms. The lowest BCUT2D eigenvalue weighted by atomic mass is 10.2. The molecule has 33 heavy (non-hydrogen) atoms. The minimum absolute atomic E-state index is 0.265. The highest BCUT2D eigenvalue weighted by Gasteiger charge is 2.65. The van der Waals surface area contributed by atoms with Crippen molar-refractivity contribution >= 4 is 17.4 Å². The summed E-state index contributed by atoms with van der Waals surface area (Å²) < 4.78 is 65.4. The molecule has 2 amide bonds. The van der Waals surface area contributed by atoms with Gasteiger partial charge in [0.1, 0.15) is 0 Å². The lowest BCUT2D eigenvalue weighted by Crippen LogP contribution is -2.52. The molecule has 176 valence electrons. The summed E-state index contributed by atoms with van der Waals surface area (Å²) in [6.07, 6.45) is -6.18. The molecule has 0 spiro atoms. The number of carbonyl (C=O) groups excluding carboxylic acids is 1. The van der Waals surface area contributed by atoms with Crippen LogP contribution in [0.15, 0.2) is 35.6 Å². The number of alkyl halides is 4. The van der Waals surface area contributed by atoms with Gasteiger partial charge in [0.05, 0.1) is 17.9 Å². The van der Waals surface area contributed by atoms with Crippen LogP contribution in [0, 0.1) is 13.8 Å². The van der Waals surface area contributed by atoms with Crippen LogP contribution < -0.4 is 14.3 Å². The van der Waals surface area contributed by atoms with Crippen LogP contribution in [0.5, 0.6) is 11.5 Å². The molecule has 8 nitrogen and oxygen atoms in total. The molecule has 13 heteroatoms. The second kappa shape index (κ2) is 7.90. The van der Waals surface area contributed by atoms with E-state index in [1.165, 1.54) is 26.9 Å². The summed E-state index contributed by atoms with van der Waals surface area (Å²) in [5.74, 6) is -1.08. The van der Waals surface area contributed by atoms with Gasteiger partial charge in [-0.05, 0) is 26.0 Å². The van der Waals surface area contributed by atoms with Gasteiger partial charge in [0.15, 0.2) is 16.3 Å². The van der Waals surface area contributed by atoms with Gasteiger partial charge < -0.3 is 14.4 Å². The van der Waals surface area contributed by atoms with E-state index >= 15 is 0 Å². The Morgan fingerprint density at radius 1 is 1.15 bits per heavy atom. The topological polar surface area (TPSA) is 73.9 Å². The number of ether oxygens (including phenoxy) is 2. The normalized spacial score (nSPS) is 16.7. The molecular formula is C20H19F4N5O3S. The number of carbonyl (C=O) groups is 1. The zero-order valence-electron chi connectivity index (χ0n) is 18.0. The molecular weight excluding hydrogens is 466 g/mol. The van der Waals surface area contributed by atoms with Gasteiger partial charge in [0.2, 0.25) is 0 Å². The lowest BCUT2D eigenvalue weighted by Gasteiger charge is -2.31. The third-order valence-electron chi connectivity index (χ3n) is 4.83. The maximum atomic E-state index is 13.6. The highest BCUT2D eigenvalue weighted by Crippen LogP contribution is 2.47. The predicted octanol–water partition coefficient (Wildman–Crippen LogP) is 4.00. The Balaban J connectivity index is 1.65. The number of amides is 2. The summed E-state index contributed by atoms with van der Waals surface area (Å²) in [5.41, 5.74) is 1.93. The van der Waals surface area contributed by atoms with Crippen LogP contribution in [0.4, 0.5) is 22.4 Å². The first-order valence-corrected chi connectivity index (χ1v) is 10.4. The summed E-state index contributed by atoms with van der Waals surface area (Å²) in [5, 5.41) is 4.24. The van der Waals surface area contributed by atoms with E-state index in [-0.39, 0.29) is 10.5 Å². The van der Waals surface area contributed by atoms with Crippen molar-refractivity contribution in [3.8, 4) is 17.2 Å². The molecule has 0 fully saturated rings. The van der Waals surface area contributed by atoms with Gasteiger partial charge in [-0.2, -0.15) is 27.7 Å². The molecule has 4 rings (SSSR count). The van der Waals surface area contributed by atoms with Gasteiger partial charge in [0.25, 0.3) is 0 Å². The molecule has 1 aromatic carbocycles. The first-order valence-electron chi connectivity index (χ1n) is 9.62. The number of benzene rings is 1. The fraction of sp³-hybridized carbons (Fsp3) is 0.350. The van der Waals surface area contributed by atoms with Crippen molar-refractivity contribution in [2.45, 2.75) is 32.6 Å². The van der Waals surface area contributed by atoms with Crippen molar-refractivity contribution in [2.24, 2.45) is 12.0 Å². The summed E-state index contributed by atoms with van der Waals surface area (Å²) >= 11 is 1.20. The van der Waals surface area contributed by atoms with Gasteiger partial charge in [0, 0.05) is 43.0 Å². The minimum Gasteiger partial charge on any atom is -0.421 e. The summed E-state index contributed by atoms with van der Waals surface area (Å²) in [6, 6.07) is 3.06. The van der Waals surface area contributed by atoms with Gasteiger partial charge in [-0.25, -0.2) is 4.79 Å². The van der Waals surface area contributed by atoms with Crippen LogP contribution in [0.2, 0.25) is 0 Å². The Kier molecular flexibility index (Phi) is 5.47. The number of urea groups is 1. The number of hydrogen-bond acceptors (Lipinski definition) is 5. The molecule has 0 aliphatic carbocycles. The second-order valence-electron chi connectivity index (χ2n) is 7.53. The van der Waals surface area contributed by atoms with Crippen molar-refractivity contribution in [2.75, 3.05) is 7.05 Å². The zero-order chi connectivity index (χ0) is 24.1.